The molecule has 6 heteroatoms. The first-order valence-corrected chi connectivity index (χ1v) is 8.55. The summed E-state index contributed by atoms with van der Waals surface area (Å²) in [4.78, 5) is 24.2. The first kappa shape index (κ1) is 19.0. The lowest BCUT2D eigenvalue weighted by atomic mass is 10.0. The molecule has 0 spiro atoms. The number of aliphatic carboxylic acids is 1. The molecule has 0 bridgehead atoms. The highest BCUT2D eigenvalue weighted by molar-refractivity contribution is 5.97. The largest absolute Gasteiger partial charge is 0.504 e. The second-order valence-electron chi connectivity index (χ2n) is 6.12. The molecule has 3 aromatic carbocycles. The van der Waals surface area contributed by atoms with E-state index in [1.54, 1.807) is 12.1 Å². The van der Waals surface area contributed by atoms with E-state index in [-0.39, 0.29) is 17.1 Å². The van der Waals surface area contributed by atoms with Gasteiger partial charge in [0.25, 0.3) is 5.91 Å². The number of aromatic hydroxyl groups is 1. The van der Waals surface area contributed by atoms with Gasteiger partial charge in [-0.25, -0.2) is 4.79 Å². The number of phenolic OH excluding ortho intramolecular Hbond substituents is 1. The van der Waals surface area contributed by atoms with Crippen LogP contribution in [0.2, 0.25) is 0 Å². The van der Waals surface area contributed by atoms with Gasteiger partial charge in [-0.05, 0) is 34.9 Å². The van der Waals surface area contributed by atoms with Gasteiger partial charge in [-0.3, -0.25) is 4.79 Å². The summed E-state index contributed by atoms with van der Waals surface area (Å²) in [5.41, 5.74) is 2.59. The fourth-order valence-corrected chi connectivity index (χ4v) is 2.82. The van der Waals surface area contributed by atoms with Gasteiger partial charge in [0, 0.05) is 5.56 Å². The van der Waals surface area contributed by atoms with Gasteiger partial charge in [-0.1, -0.05) is 54.6 Å². The second kappa shape index (κ2) is 8.26. The zero-order valence-electron chi connectivity index (χ0n) is 15.1. The van der Waals surface area contributed by atoms with Crippen molar-refractivity contribution >= 4 is 11.9 Å². The minimum absolute atomic E-state index is 0.106. The minimum atomic E-state index is -1.21. The van der Waals surface area contributed by atoms with Gasteiger partial charge in [0.1, 0.15) is 0 Å². The monoisotopic (exact) mass is 377 g/mol. The Labute approximate surface area is 162 Å². The molecular formula is C22H19NO5. The van der Waals surface area contributed by atoms with Gasteiger partial charge in [0.2, 0.25) is 0 Å². The summed E-state index contributed by atoms with van der Waals surface area (Å²) in [6.45, 7) is 0. The third kappa shape index (κ3) is 4.12. The number of hydrogen-bond donors (Lipinski definition) is 3. The first-order chi connectivity index (χ1) is 13.5. The van der Waals surface area contributed by atoms with E-state index >= 15 is 0 Å². The van der Waals surface area contributed by atoms with Gasteiger partial charge in [-0.15, -0.1) is 0 Å². The predicted octanol–water partition coefficient (Wildman–Crippen LogP) is 3.62. The highest BCUT2D eigenvalue weighted by atomic mass is 16.5. The fraction of sp³-hybridized carbons (Fsp3) is 0.0909. The van der Waals surface area contributed by atoms with Crippen molar-refractivity contribution in [2.24, 2.45) is 0 Å². The van der Waals surface area contributed by atoms with E-state index in [4.69, 9.17) is 4.74 Å². The van der Waals surface area contributed by atoms with Crippen molar-refractivity contribution in [3.05, 3.63) is 83.9 Å². The van der Waals surface area contributed by atoms with Crippen LogP contribution >= 0.6 is 0 Å². The van der Waals surface area contributed by atoms with Gasteiger partial charge in [0.05, 0.1) is 7.11 Å². The molecule has 6 nitrogen and oxygen atoms in total. The number of rotatable bonds is 6. The molecule has 0 aliphatic rings. The van der Waals surface area contributed by atoms with Crippen molar-refractivity contribution in [1.29, 1.82) is 0 Å². The van der Waals surface area contributed by atoms with Crippen LogP contribution in [0.15, 0.2) is 72.8 Å². The van der Waals surface area contributed by atoms with Crippen molar-refractivity contribution < 1.29 is 24.5 Å². The molecule has 0 radical (unpaired) electrons. The van der Waals surface area contributed by atoms with Gasteiger partial charge in [0.15, 0.2) is 17.5 Å². The molecule has 0 aliphatic carbocycles. The van der Waals surface area contributed by atoms with E-state index in [1.165, 1.54) is 25.3 Å². The second-order valence-corrected chi connectivity index (χ2v) is 6.12. The molecule has 0 saturated carbocycles. The van der Waals surface area contributed by atoms with E-state index < -0.39 is 17.9 Å². The van der Waals surface area contributed by atoms with Crippen molar-refractivity contribution in [3.63, 3.8) is 0 Å². The summed E-state index contributed by atoms with van der Waals surface area (Å²) in [5, 5.41) is 21.7. The topological polar surface area (TPSA) is 95.9 Å². The maximum atomic E-state index is 12.5. The van der Waals surface area contributed by atoms with Crippen LogP contribution in [0.4, 0.5) is 0 Å². The van der Waals surface area contributed by atoms with Crippen LogP contribution in [0.25, 0.3) is 11.1 Å². The number of phenols is 1. The molecule has 3 aromatic rings. The van der Waals surface area contributed by atoms with Crippen LogP contribution in [-0.2, 0) is 4.79 Å². The number of methoxy groups -OCH3 is 1. The summed E-state index contributed by atoms with van der Waals surface area (Å²) in [6, 6.07) is 19.5. The van der Waals surface area contributed by atoms with E-state index in [2.05, 4.69) is 5.32 Å². The SMILES string of the molecule is COc1cc(C(=O)NC(C(=O)O)c2ccc(-c3ccccc3)cc2)ccc1O. The van der Waals surface area contributed by atoms with Gasteiger partial charge < -0.3 is 20.3 Å². The summed E-state index contributed by atoms with van der Waals surface area (Å²) in [6.07, 6.45) is 0. The average Bonchev–Trinajstić information content (AvgIpc) is 2.72. The van der Waals surface area contributed by atoms with E-state index in [0.29, 0.717) is 5.56 Å². The van der Waals surface area contributed by atoms with Gasteiger partial charge >= 0.3 is 5.97 Å². The lowest BCUT2D eigenvalue weighted by molar-refractivity contribution is -0.139. The Balaban J connectivity index is 1.82. The Morgan fingerprint density at radius 2 is 1.57 bits per heavy atom. The smallest absolute Gasteiger partial charge is 0.330 e. The zero-order valence-corrected chi connectivity index (χ0v) is 15.1. The Morgan fingerprint density at radius 3 is 2.18 bits per heavy atom. The molecule has 0 aromatic heterocycles. The number of carboxylic acid groups (broad SMARTS) is 1. The van der Waals surface area contributed by atoms with Crippen molar-refractivity contribution in [2.75, 3.05) is 7.11 Å². The van der Waals surface area contributed by atoms with Crippen LogP contribution < -0.4 is 10.1 Å². The quantitative estimate of drug-likeness (QED) is 0.610. The molecule has 0 heterocycles. The number of nitrogens with one attached hydrogen (secondary N) is 1. The number of hydrogen-bond acceptors (Lipinski definition) is 4. The molecule has 1 amide bonds. The Bertz CT molecular complexity index is 984. The molecule has 142 valence electrons. The van der Waals surface area contributed by atoms with Gasteiger partial charge in [-0.2, -0.15) is 0 Å². The number of ether oxygens (including phenoxy) is 1. The van der Waals surface area contributed by atoms with E-state index in [1.807, 2.05) is 42.5 Å². The normalized spacial score (nSPS) is 11.5. The minimum Gasteiger partial charge on any atom is -0.504 e. The third-order valence-corrected chi connectivity index (χ3v) is 4.32. The molecule has 0 fully saturated rings. The lowest BCUT2D eigenvalue weighted by Gasteiger charge is -2.16. The number of benzene rings is 3. The molecule has 1 atom stereocenters. The summed E-state index contributed by atoms with van der Waals surface area (Å²) < 4.78 is 4.98. The maximum absolute atomic E-state index is 12.5. The van der Waals surface area contributed by atoms with Crippen LogP contribution in [0.1, 0.15) is 22.0 Å². The molecule has 3 N–H and O–H groups in total. The van der Waals surface area contributed by atoms with Crippen molar-refractivity contribution in [3.8, 4) is 22.6 Å². The zero-order chi connectivity index (χ0) is 20.1. The molecule has 0 saturated heterocycles. The van der Waals surface area contributed by atoms with Crippen molar-refractivity contribution in [2.45, 2.75) is 6.04 Å². The maximum Gasteiger partial charge on any atom is 0.330 e. The fourth-order valence-electron chi connectivity index (χ4n) is 2.82. The molecule has 0 aliphatic heterocycles. The first-order valence-electron chi connectivity index (χ1n) is 8.55. The van der Waals surface area contributed by atoms with Crippen molar-refractivity contribution in [1.82, 2.24) is 5.32 Å². The number of carbonyl (C=O) groups is 2. The number of amides is 1. The van der Waals surface area contributed by atoms with Crippen LogP contribution in [-0.4, -0.2) is 29.2 Å². The van der Waals surface area contributed by atoms with Crippen LogP contribution in [0.3, 0.4) is 0 Å². The summed E-state index contributed by atoms with van der Waals surface area (Å²) >= 11 is 0. The van der Waals surface area contributed by atoms with Crippen LogP contribution in [0, 0.1) is 0 Å². The third-order valence-electron chi connectivity index (χ3n) is 4.32. The highest BCUT2D eigenvalue weighted by Gasteiger charge is 2.23. The standard InChI is InChI=1S/C22H19NO5/c1-28-19-13-17(11-12-18(19)24)21(25)23-20(22(26)27)16-9-7-15(8-10-16)14-5-3-2-4-6-14/h2-13,20,24H,1H3,(H,23,25)(H,26,27). The molecule has 3 rings (SSSR count). The molecule has 1 unspecified atom stereocenters. The summed E-state index contributed by atoms with van der Waals surface area (Å²) in [5.74, 6) is -1.73. The summed E-state index contributed by atoms with van der Waals surface area (Å²) in [7, 11) is 1.37. The Kier molecular flexibility index (Phi) is 5.60. The predicted molar refractivity (Wildman–Crippen MR) is 104 cm³/mol. The number of carboxylic acids is 1. The average molecular weight is 377 g/mol. The van der Waals surface area contributed by atoms with Crippen LogP contribution in [0.5, 0.6) is 11.5 Å². The lowest BCUT2D eigenvalue weighted by Crippen LogP contribution is -2.33. The van der Waals surface area contributed by atoms with E-state index in [9.17, 15) is 19.8 Å². The molecular weight excluding hydrogens is 358 g/mol. The Morgan fingerprint density at radius 1 is 0.929 bits per heavy atom. The molecule has 28 heavy (non-hydrogen) atoms. The Hall–Kier alpha value is -3.80. The highest BCUT2D eigenvalue weighted by Crippen LogP contribution is 2.27. The van der Waals surface area contributed by atoms with E-state index in [0.717, 1.165) is 11.1 Å². The number of carbonyl (C=O) groups excluding carboxylic acids is 1.